The van der Waals surface area contributed by atoms with Crippen LogP contribution in [0.15, 0.2) is 18.7 Å². The van der Waals surface area contributed by atoms with Crippen LogP contribution in [0.1, 0.15) is 0 Å². The van der Waals surface area contributed by atoms with Crippen LogP contribution in [-0.2, 0) is 0 Å². The molecule has 6 nitrogen and oxygen atoms in total. The van der Waals surface area contributed by atoms with Gasteiger partial charge in [-0.1, -0.05) is 0 Å². The highest BCUT2D eigenvalue weighted by Gasteiger charge is 1.99. The van der Waals surface area contributed by atoms with E-state index in [1.807, 2.05) is 0 Å². The first-order valence-electron chi connectivity index (χ1n) is 3.07. The molecule has 2 aromatic heterocycles. The van der Waals surface area contributed by atoms with Crippen LogP contribution in [0.2, 0.25) is 0 Å². The van der Waals surface area contributed by atoms with Gasteiger partial charge < -0.3 is 0 Å². The summed E-state index contributed by atoms with van der Waals surface area (Å²) in [4.78, 5) is 7.31. The third-order valence-electron chi connectivity index (χ3n) is 1.16. The molecule has 0 radical (unpaired) electrons. The summed E-state index contributed by atoms with van der Waals surface area (Å²) in [5.41, 5.74) is 0. The summed E-state index contributed by atoms with van der Waals surface area (Å²) in [6.45, 7) is 0. The van der Waals surface area contributed by atoms with Crippen molar-refractivity contribution in [3.8, 4) is 5.95 Å². The Kier molecular flexibility index (Phi) is 1.47. The van der Waals surface area contributed by atoms with Crippen LogP contribution in [0.3, 0.4) is 0 Å². The van der Waals surface area contributed by atoms with Crippen LogP contribution in [0.25, 0.3) is 5.95 Å². The molecule has 0 bridgehead atoms. The molecule has 0 spiro atoms. The largest absolute Gasteiger partial charge is 0.253 e. The van der Waals surface area contributed by atoms with Gasteiger partial charge in [-0.3, -0.25) is 0 Å². The van der Waals surface area contributed by atoms with E-state index in [9.17, 15) is 4.39 Å². The lowest BCUT2D eigenvalue weighted by molar-refractivity contribution is 0.607. The summed E-state index contributed by atoms with van der Waals surface area (Å²) in [6, 6.07) is 0. The van der Waals surface area contributed by atoms with Crippen LogP contribution in [-0.4, -0.2) is 30.2 Å². The minimum Gasteiger partial charge on any atom is -0.216 e. The van der Waals surface area contributed by atoms with E-state index in [0.29, 0.717) is 0 Å². The lowest BCUT2D eigenvalue weighted by Crippen LogP contribution is -2.01. The van der Waals surface area contributed by atoms with Crippen molar-refractivity contribution in [3.63, 3.8) is 0 Å². The van der Waals surface area contributed by atoms with Crippen LogP contribution in [0, 0.1) is 5.82 Å². The average Bonchev–Trinajstić information content (AvgIpc) is 2.58. The SMILES string of the molecule is Fc1cnc(-n2cnnn2)nc1. The van der Waals surface area contributed by atoms with Gasteiger partial charge >= 0.3 is 0 Å². The number of hydrogen-bond donors (Lipinski definition) is 0. The second kappa shape index (κ2) is 2.61. The number of aromatic nitrogens is 6. The molecule has 0 atom stereocenters. The fraction of sp³-hybridized carbons (Fsp3) is 0. The van der Waals surface area contributed by atoms with Crippen LogP contribution in [0.5, 0.6) is 0 Å². The second-order valence-electron chi connectivity index (χ2n) is 1.96. The Morgan fingerprint density at radius 2 is 2.00 bits per heavy atom. The molecular formula is C5H3FN6. The van der Waals surface area contributed by atoms with Gasteiger partial charge in [0.05, 0.1) is 12.4 Å². The first kappa shape index (κ1) is 6.77. The summed E-state index contributed by atoms with van der Waals surface area (Å²) in [7, 11) is 0. The molecule has 0 aliphatic carbocycles. The molecule has 0 saturated carbocycles. The molecule has 0 saturated heterocycles. The highest BCUT2D eigenvalue weighted by atomic mass is 19.1. The predicted molar refractivity (Wildman–Crippen MR) is 34.7 cm³/mol. The monoisotopic (exact) mass is 166 g/mol. The first-order valence-corrected chi connectivity index (χ1v) is 3.07. The Labute approximate surface area is 66.1 Å². The highest BCUT2D eigenvalue weighted by Crippen LogP contribution is 1.95. The summed E-state index contributed by atoms with van der Waals surface area (Å²) < 4.78 is 13.6. The van der Waals surface area contributed by atoms with Crippen molar-refractivity contribution in [1.82, 2.24) is 30.2 Å². The maximum Gasteiger partial charge on any atom is 0.253 e. The number of hydrogen-bond acceptors (Lipinski definition) is 5. The van der Waals surface area contributed by atoms with E-state index < -0.39 is 5.82 Å². The first-order chi connectivity index (χ1) is 5.86. The van der Waals surface area contributed by atoms with Gasteiger partial charge in [0.15, 0.2) is 5.82 Å². The third kappa shape index (κ3) is 1.11. The van der Waals surface area contributed by atoms with Crippen molar-refractivity contribution in [3.05, 3.63) is 24.5 Å². The van der Waals surface area contributed by atoms with E-state index in [2.05, 4.69) is 25.5 Å². The molecule has 2 aromatic rings. The van der Waals surface area contributed by atoms with Crippen molar-refractivity contribution >= 4 is 0 Å². The molecule has 7 heteroatoms. The van der Waals surface area contributed by atoms with E-state index >= 15 is 0 Å². The fourth-order valence-corrected chi connectivity index (χ4v) is 0.677. The van der Waals surface area contributed by atoms with Gasteiger partial charge in [0.25, 0.3) is 5.95 Å². The topological polar surface area (TPSA) is 69.4 Å². The van der Waals surface area contributed by atoms with Gasteiger partial charge in [0.1, 0.15) is 6.33 Å². The Morgan fingerprint density at radius 1 is 1.25 bits per heavy atom. The molecule has 0 aromatic carbocycles. The molecule has 0 N–H and O–H groups in total. The van der Waals surface area contributed by atoms with E-state index in [1.165, 1.54) is 11.0 Å². The fourth-order valence-electron chi connectivity index (χ4n) is 0.677. The van der Waals surface area contributed by atoms with E-state index in [0.717, 1.165) is 12.4 Å². The molecule has 0 unspecified atom stereocenters. The van der Waals surface area contributed by atoms with E-state index in [-0.39, 0.29) is 5.95 Å². The Bertz CT molecular complexity index is 354. The highest BCUT2D eigenvalue weighted by molar-refractivity contribution is 5.05. The summed E-state index contributed by atoms with van der Waals surface area (Å²) in [5.74, 6) is -0.256. The Hall–Kier alpha value is -1.92. The molecule has 0 amide bonds. The quantitative estimate of drug-likeness (QED) is 0.576. The number of halogens is 1. The Morgan fingerprint density at radius 3 is 2.58 bits per heavy atom. The van der Waals surface area contributed by atoms with Gasteiger partial charge in [-0.25, -0.2) is 14.4 Å². The second-order valence-corrected chi connectivity index (χ2v) is 1.96. The van der Waals surface area contributed by atoms with E-state index in [1.54, 1.807) is 0 Å². The van der Waals surface area contributed by atoms with Gasteiger partial charge in [0.2, 0.25) is 0 Å². The number of rotatable bonds is 1. The molecule has 12 heavy (non-hydrogen) atoms. The average molecular weight is 166 g/mol. The zero-order valence-corrected chi connectivity index (χ0v) is 5.79. The van der Waals surface area contributed by atoms with Crippen molar-refractivity contribution in [2.45, 2.75) is 0 Å². The predicted octanol–water partition coefficient (Wildman–Crippen LogP) is -0.409. The number of tetrazole rings is 1. The third-order valence-corrected chi connectivity index (χ3v) is 1.16. The van der Waals surface area contributed by atoms with Crippen molar-refractivity contribution in [1.29, 1.82) is 0 Å². The lowest BCUT2D eigenvalue weighted by Gasteiger charge is -1.93. The summed E-state index contributed by atoms with van der Waals surface area (Å²) >= 11 is 0. The standard InChI is InChI=1S/C5H3FN6/c6-4-1-7-5(8-2-4)12-3-9-10-11-12/h1-3H. The van der Waals surface area contributed by atoms with Crippen molar-refractivity contribution in [2.75, 3.05) is 0 Å². The van der Waals surface area contributed by atoms with Gasteiger partial charge in [-0.15, -0.1) is 5.10 Å². The summed E-state index contributed by atoms with van der Waals surface area (Å²) in [5, 5.41) is 10.3. The molecule has 0 aliphatic heterocycles. The Balaban J connectivity index is 2.43. The minimum absolute atomic E-state index is 0.237. The maximum atomic E-state index is 12.3. The molecule has 60 valence electrons. The zero-order valence-electron chi connectivity index (χ0n) is 5.79. The van der Waals surface area contributed by atoms with Gasteiger partial charge in [-0.2, -0.15) is 4.68 Å². The summed E-state index contributed by atoms with van der Waals surface area (Å²) in [6.07, 6.45) is 3.42. The molecule has 2 heterocycles. The minimum atomic E-state index is -0.494. The van der Waals surface area contributed by atoms with Crippen LogP contribution in [0.4, 0.5) is 4.39 Å². The van der Waals surface area contributed by atoms with Crippen molar-refractivity contribution in [2.24, 2.45) is 0 Å². The molecule has 0 aliphatic rings. The van der Waals surface area contributed by atoms with E-state index in [4.69, 9.17) is 0 Å². The van der Waals surface area contributed by atoms with Crippen LogP contribution < -0.4 is 0 Å². The van der Waals surface area contributed by atoms with Gasteiger partial charge in [0, 0.05) is 0 Å². The van der Waals surface area contributed by atoms with Crippen LogP contribution >= 0.6 is 0 Å². The maximum absolute atomic E-state index is 12.3. The molecule has 2 rings (SSSR count). The number of nitrogens with zero attached hydrogens (tertiary/aromatic N) is 6. The van der Waals surface area contributed by atoms with Crippen molar-refractivity contribution < 1.29 is 4.39 Å². The van der Waals surface area contributed by atoms with Gasteiger partial charge in [-0.05, 0) is 10.4 Å². The lowest BCUT2D eigenvalue weighted by atomic mass is 10.6. The smallest absolute Gasteiger partial charge is 0.216 e. The zero-order chi connectivity index (χ0) is 8.39. The molecular weight excluding hydrogens is 163 g/mol. The molecule has 0 fully saturated rings. The normalized spacial score (nSPS) is 10.1.